The van der Waals surface area contributed by atoms with Crippen molar-refractivity contribution >= 4 is 64.2 Å². The lowest BCUT2D eigenvalue weighted by Crippen LogP contribution is -2.19. The van der Waals surface area contributed by atoms with E-state index >= 15 is 0 Å². The number of nitrogens with zero attached hydrogens (tertiary/aromatic N) is 3. The van der Waals surface area contributed by atoms with E-state index in [-0.39, 0.29) is 5.56 Å². The van der Waals surface area contributed by atoms with Gasteiger partial charge in [-0.15, -0.1) is 0 Å². The quantitative estimate of drug-likeness (QED) is 0.0809. The number of fused-ring (bicyclic) bond motifs is 1. The summed E-state index contributed by atoms with van der Waals surface area (Å²) in [6, 6.07) is 12.0. The van der Waals surface area contributed by atoms with Crippen LogP contribution in [0.3, 0.4) is 0 Å². The molecular formula is C42H53Cl2N5O4. The Morgan fingerprint density at radius 2 is 1.62 bits per heavy atom. The maximum atomic E-state index is 12.2. The number of benzene rings is 3. The smallest absolute Gasteiger partial charge is 0.337 e. The molecule has 0 radical (unpaired) electrons. The molecular weight excluding hydrogens is 709 g/mol. The summed E-state index contributed by atoms with van der Waals surface area (Å²) >= 11 is 13.5. The summed E-state index contributed by atoms with van der Waals surface area (Å²) < 4.78 is 10.0. The molecule has 0 unspecified atom stereocenters. The third kappa shape index (κ3) is 9.71. The SMILES string of the molecule is C=O.CC.CNCCNc1c(/C(=C/c2cc(C)cc3c(C(=O)O)cn(C)c23)CCCOc2cc(C)c(Cl)c(C)c2)ccc(Cl)c1-c1c(C)nn(C)c1C. The fourth-order valence-electron chi connectivity index (χ4n) is 6.65. The molecule has 0 atom stereocenters. The van der Waals surface area contributed by atoms with Gasteiger partial charge in [-0.2, -0.15) is 5.10 Å². The molecule has 284 valence electrons. The van der Waals surface area contributed by atoms with Gasteiger partial charge in [-0.25, -0.2) is 4.79 Å². The number of aromatic nitrogens is 3. The number of hydrogen-bond donors (Lipinski definition) is 3. The second kappa shape index (κ2) is 19.5. The average molecular weight is 763 g/mol. The molecule has 5 rings (SSSR count). The van der Waals surface area contributed by atoms with E-state index in [2.05, 4.69) is 35.8 Å². The standard InChI is InChI=1S/C39H45Cl2N5O3.C2H6.CH2O/c1-22-16-28(38-31(17-22)32(39(47)48)21-45(38)7)20-27(10-9-15-49-29-18-23(2)36(41)24(3)19-29)30-11-12-33(40)35(37(30)43-14-13-42-6)34-25(4)44-46(8)26(34)5;2*1-2/h11-12,16-21,42-43H,9-10,13-15H2,1-8H3,(H,47,48);1-2H3;1H2/b27-20+;;. The van der Waals surface area contributed by atoms with Crippen LogP contribution in [-0.2, 0) is 18.9 Å². The lowest BCUT2D eigenvalue weighted by Gasteiger charge is -2.21. The Labute approximate surface area is 324 Å². The van der Waals surface area contributed by atoms with Gasteiger partial charge in [0.05, 0.1) is 34.1 Å². The van der Waals surface area contributed by atoms with Gasteiger partial charge in [0.1, 0.15) is 12.5 Å². The predicted molar refractivity (Wildman–Crippen MR) is 222 cm³/mol. The molecule has 3 N–H and O–H groups in total. The lowest BCUT2D eigenvalue weighted by molar-refractivity contribution is -0.0980. The largest absolute Gasteiger partial charge is 0.494 e. The Bertz CT molecular complexity index is 2070. The van der Waals surface area contributed by atoms with Crippen LogP contribution in [-0.4, -0.2) is 59.0 Å². The third-order valence-corrected chi connectivity index (χ3v) is 9.93. The van der Waals surface area contributed by atoms with E-state index in [1.54, 1.807) is 6.20 Å². The zero-order valence-corrected chi connectivity index (χ0v) is 34.1. The molecule has 0 aliphatic carbocycles. The predicted octanol–water partition coefficient (Wildman–Crippen LogP) is 10.00. The Kier molecular flexibility index (Phi) is 15.8. The van der Waals surface area contributed by atoms with Crippen molar-refractivity contribution < 1.29 is 19.4 Å². The van der Waals surface area contributed by atoms with Crippen molar-refractivity contribution in [3.05, 3.63) is 97.4 Å². The first kappa shape index (κ1) is 42.8. The minimum atomic E-state index is -0.947. The number of nitrogens with one attached hydrogen (secondary N) is 2. The van der Waals surface area contributed by atoms with Crippen molar-refractivity contribution in [2.45, 2.75) is 61.3 Å². The van der Waals surface area contributed by atoms with Crippen LogP contribution in [0.15, 0.2) is 42.6 Å². The minimum absolute atomic E-state index is 0.282. The first-order chi connectivity index (χ1) is 25.3. The highest BCUT2D eigenvalue weighted by atomic mass is 35.5. The average Bonchev–Trinajstić information content (AvgIpc) is 3.60. The van der Waals surface area contributed by atoms with Crippen LogP contribution in [0, 0.1) is 34.6 Å². The van der Waals surface area contributed by atoms with Gasteiger partial charge in [-0.1, -0.05) is 43.1 Å². The number of carboxylic acid groups (broad SMARTS) is 1. The molecule has 2 aromatic heterocycles. The molecule has 0 fully saturated rings. The summed E-state index contributed by atoms with van der Waals surface area (Å²) in [5.74, 6) is -0.155. The minimum Gasteiger partial charge on any atom is -0.494 e. The number of hydrogen-bond acceptors (Lipinski definition) is 6. The summed E-state index contributed by atoms with van der Waals surface area (Å²) in [4.78, 5) is 20.2. The van der Waals surface area contributed by atoms with Crippen molar-refractivity contribution in [1.82, 2.24) is 19.7 Å². The van der Waals surface area contributed by atoms with Crippen molar-refractivity contribution in [3.8, 4) is 16.9 Å². The molecule has 9 nitrogen and oxygen atoms in total. The second-order valence-corrected chi connectivity index (χ2v) is 13.5. The van der Waals surface area contributed by atoms with Crippen LogP contribution in [0.2, 0.25) is 10.0 Å². The Morgan fingerprint density at radius 1 is 0.962 bits per heavy atom. The molecule has 0 spiro atoms. The number of halogens is 2. The highest BCUT2D eigenvalue weighted by Crippen LogP contribution is 2.44. The molecule has 0 bridgehead atoms. The first-order valence-corrected chi connectivity index (χ1v) is 18.5. The van der Waals surface area contributed by atoms with Gasteiger partial charge in [0, 0.05) is 66.2 Å². The van der Waals surface area contributed by atoms with Crippen molar-refractivity contribution in [2.24, 2.45) is 14.1 Å². The molecule has 53 heavy (non-hydrogen) atoms. The van der Waals surface area contributed by atoms with Gasteiger partial charge < -0.3 is 29.8 Å². The number of aryl methyl sites for hydroxylation is 6. The normalized spacial score (nSPS) is 11.1. The summed E-state index contributed by atoms with van der Waals surface area (Å²) in [5.41, 5.74) is 11.9. The monoisotopic (exact) mass is 761 g/mol. The van der Waals surface area contributed by atoms with E-state index in [1.165, 1.54) is 0 Å². The van der Waals surface area contributed by atoms with Crippen molar-refractivity contribution in [2.75, 3.05) is 32.1 Å². The Morgan fingerprint density at radius 3 is 2.21 bits per heavy atom. The molecule has 5 aromatic rings. The first-order valence-electron chi connectivity index (χ1n) is 17.8. The summed E-state index contributed by atoms with van der Waals surface area (Å²) in [5, 5.41) is 23.8. The summed E-state index contributed by atoms with van der Waals surface area (Å²) in [6.45, 7) is 18.0. The number of carboxylic acids is 1. The molecule has 3 aromatic carbocycles. The number of anilines is 1. The molecule has 0 aliphatic heterocycles. The van der Waals surface area contributed by atoms with Crippen LogP contribution in [0.5, 0.6) is 5.75 Å². The van der Waals surface area contributed by atoms with E-state index in [0.717, 1.165) is 90.8 Å². The molecule has 0 saturated carbocycles. The number of carbonyl (C=O) groups is 2. The van der Waals surface area contributed by atoms with Crippen molar-refractivity contribution in [3.63, 3.8) is 0 Å². The van der Waals surface area contributed by atoms with E-state index in [1.807, 2.05) is 103 Å². The van der Waals surface area contributed by atoms with Crippen molar-refractivity contribution in [1.29, 1.82) is 0 Å². The van der Waals surface area contributed by atoms with Gasteiger partial charge in [-0.3, -0.25) is 4.68 Å². The van der Waals surface area contributed by atoms with Crippen LogP contribution < -0.4 is 15.4 Å². The maximum Gasteiger partial charge on any atom is 0.337 e. The Balaban J connectivity index is 0.00000183. The lowest BCUT2D eigenvalue weighted by atomic mass is 9.91. The third-order valence-electron chi connectivity index (χ3n) is 9.01. The highest BCUT2D eigenvalue weighted by Gasteiger charge is 2.23. The van der Waals surface area contributed by atoms with Gasteiger partial charge in [0.2, 0.25) is 0 Å². The fraction of sp³-hybridized carbons (Fsp3) is 0.357. The summed E-state index contributed by atoms with van der Waals surface area (Å²) in [6.07, 6.45) is 5.29. The van der Waals surface area contributed by atoms with Crippen LogP contribution >= 0.6 is 23.2 Å². The van der Waals surface area contributed by atoms with Gasteiger partial charge >= 0.3 is 5.97 Å². The van der Waals surface area contributed by atoms with E-state index in [4.69, 9.17) is 37.8 Å². The summed E-state index contributed by atoms with van der Waals surface area (Å²) in [7, 11) is 5.77. The maximum absolute atomic E-state index is 12.2. The topological polar surface area (TPSA) is 110 Å². The van der Waals surface area contributed by atoms with Crippen LogP contribution in [0.1, 0.15) is 76.3 Å². The van der Waals surface area contributed by atoms with Gasteiger partial charge in [-0.05, 0) is 119 Å². The van der Waals surface area contributed by atoms with E-state index in [0.29, 0.717) is 30.0 Å². The molecule has 2 heterocycles. The number of likely N-dealkylation sites (N-methyl/N-ethyl adjacent to an activating group) is 1. The van der Waals surface area contributed by atoms with Crippen LogP contribution in [0.4, 0.5) is 5.69 Å². The molecule has 11 heteroatoms. The molecule has 0 saturated heterocycles. The molecule has 0 amide bonds. The number of carbonyl (C=O) groups excluding carboxylic acids is 1. The van der Waals surface area contributed by atoms with E-state index < -0.39 is 5.97 Å². The highest BCUT2D eigenvalue weighted by molar-refractivity contribution is 6.34. The van der Waals surface area contributed by atoms with Crippen LogP contribution in [0.25, 0.3) is 33.7 Å². The fourth-order valence-corrected chi connectivity index (χ4v) is 7.01. The second-order valence-electron chi connectivity index (χ2n) is 12.7. The number of aromatic carboxylic acids is 1. The van der Waals surface area contributed by atoms with E-state index in [9.17, 15) is 9.90 Å². The zero-order valence-electron chi connectivity index (χ0n) is 32.6. The number of ether oxygens (including phenoxy) is 1. The zero-order chi connectivity index (χ0) is 39.6. The van der Waals surface area contributed by atoms with Gasteiger partial charge in [0.25, 0.3) is 0 Å². The van der Waals surface area contributed by atoms with Gasteiger partial charge in [0.15, 0.2) is 0 Å². The number of allylic oxidation sites excluding steroid dienone is 1. The molecule has 0 aliphatic rings. The number of rotatable bonds is 13. The Hall–Kier alpha value is -4.57.